The van der Waals surface area contributed by atoms with Gasteiger partial charge in [-0.25, -0.2) is 9.59 Å². The molecule has 3 aromatic carbocycles. The number of rotatable bonds is 13. The Morgan fingerprint density at radius 1 is 1.02 bits per heavy atom. The zero-order chi connectivity index (χ0) is 37.6. The molecule has 0 unspecified atom stereocenters. The van der Waals surface area contributed by atoms with Crippen molar-refractivity contribution in [3.05, 3.63) is 117 Å². The average Bonchev–Trinajstić information content (AvgIpc) is 3.36. The van der Waals surface area contributed by atoms with E-state index in [0.717, 1.165) is 17.3 Å². The van der Waals surface area contributed by atoms with Gasteiger partial charge in [0.25, 0.3) is 0 Å². The molecule has 0 saturated carbocycles. The summed E-state index contributed by atoms with van der Waals surface area (Å²) < 4.78 is 45.5. The Kier molecular flexibility index (Phi) is 11.6. The Bertz CT molecular complexity index is 1960. The number of ether oxygens (including phenoxy) is 3. The predicted octanol–water partition coefficient (Wildman–Crippen LogP) is 3.77. The number of aliphatic hydroxyl groups excluding tert-OH is 2. The number of carbonyl (C=O) groups is 2. The molecular weight excluding hydrogens is 688 g/mol. The van der Waals surface area contributed by atoms with Crippen LogP contribution in [0.25, 0.3) is 11.1 Å². The van der Waals surface area contributed by atoms with Crippen LogP contribution in [-0.4, -0.2) is 98.4 Å². The maximum absolute atomic E-state index is 14.4. The number of hydrogen-bond donors (Lipinski definition) is 2. The zero-order valence-electron chi connectivity index (χ0n) is 28.0. The fourth-order valence-electron chi connectivity index (χ4n) is 5.26. The van der Waals surface area contributed by atoms with Gasteiger partial charge in [0.05, 0.1) is 23.6 Å². The van der Waals surface area contributed by atoms with E-state index in [2.05, 4.69) is 4.98 Å². The topological polar surface area (TPSA) is 187 Å². The molecule has 0 spiro atoms. The third-order valence-corrected chi connectivity index (χ3v) is 8.31. The number of amides is 2. The molecule has 52 heavy (non-hydrogen) atoms. The van der Waals surface area contributed by atoms with Gasteiger partial charge in [-0.1, -0.05) is 42.5 Å². The van der Waals surface area contributed by atoms with Crippen molar-refractivity contribution in [1.29, 1.82) is 0 Å². The molecule has 1 aliphatic rings. The van der Waals surface area contributed by atoms with Crippen molar-refractivity contribution in [3.63, 3.8) is 0 Å². The molecule has 1 aliphatic heterocycles. The zero-order valence-corrected chi connectivity index (χ0v) is 28.0. The SMILES string of the molecule is CN(CCN(C)C(=O)OCc1ccc([N+](=O)[O-])c(Oc2ccc(-c3ccccc3)cc2)c1)C(=O)Cc1ccn([C@@H]2O[C@H](CO)[C@@H](O)C2(F)F)c(=O)n1. The van der Waals surface area contributed by atoms with E-state index in [-0.39, 0.29) is 43.2 Å². The summed E-state index contributed by atoms with van der Waals surface area (Å²) in [5.74, 6) is -4.03. The Balaban J connectivity index is 1.12. The molecule has 0 aliphatic carbocycles. The minimum atomic E-state index is -3.88. The summed E-state index contributed by atoms with van der Waals surface area (Å²) in [5.41, 5.74) is 0.938. The number of hydrogen-bond acceptors (Lipinski definition) is 11. The maximum Gasteiger partial charge on any atom is 0.409 e. The van der Waals surface area contributed by atoms with Gasteiger partial charge in [-0.3, -0.25) is 19.5 Å². The molecule has 0 bridgehead atoms. The third kappa shape index (κ3) is 8.56. The lowest BCUT2D eigenvalue weighted by molar-refractivity contribution is -0.385. The van der Waals surface area contributed by atoms with Crippen molar-refractivity contribution < 1.29 is 47.7 Å². The lowest BCUT2D eigenvalue weighted by Crippen LogP contribution is -2.42. The highest BCUT2D eigenvalue weighted by molar-refractivity contribution is 5.78. The van der Waals surface area contributed by atoms with Crippen LogP contribution in [0.1, 0.15) is 17.5 Å². The summed E-state index contributed by atoms with van der Waals surface area (Å²) in [4.78, 5) is 55.3. The molecule has 15 nitrogen and oxygen atoms in total. The number of aliphatic hydroxyl groups is 2. The second-order valence-corrected chi connectivity index (χ2v) is 12.0. The van der Waals surface area contributed by atoms with Crippen molar-refractivity contribution >= 4 is 17.7 Å². The van der Waals surface area contributed by atoms with Gasteiger partial charge >= 0.3 is 23.4 Å². The summed E-state index contributed by atoms with van der Waals surface area (Å²) in [5, 5.41) is 30.6. The second-order valence-electron chi connectivity index (χ2n) is 12.0. The van der Waals surface area contributed by atoms with E-state index in [1.807, 2.05) is 42.5 Å². The maximum atomic E-state index is 14.4. The van der Waals surface area contributed by atoms with Gasteiger partial charge in [0.2, 0.25) is 17.9 Å². The third-order valence-electron chi connectivity index (χ3n) is 8.31. The molecule has 274 valence electrons. The van der Waals surface area contributed by atoms with Crippen molar-refractivity contribution in [3.8, 4) is 22.6 Å². The van der Waals surface area contributed by atoms with Crippen molar-refractivity contribution in [2.45, 2.75) is 37.4 Å². The van der Waals surface area contributed by atoms with Gasteiger partial charge in [-0.05, 0) is 47.0 Å². The molecule has 5 rings (SSSR count). The van der Waals surface area contributed by atoms with E-state index in [1.165, 1.54) is 48.2 Å². The number of alkyl halides is 2. The summed E-state index contributed by atoms with van der Waals surface area (Å²) in [7, 11) is 2.91. The largest absolute Gasteiger partial charge is 0.450 e. The normalized spacial score (nSPS) is 17.7. The van der Waals surface area contributed by atoms with Gasteiger partial charge in [-0.2, -0.15) is 13.8 Å². The van der Waals surface area contributed by atoms with Crippen LogP contribution in [0.4, 0.5) is 19.3 Å². The van der Waals surface area contributed by atoms with Crippen LogP contribution in [0.3, 0.4) is 0 Å². The first-order valence-corrected chi connectivity index (χ1v) is 15.9. The Labute approximate surface area is 295 Å². The number of nitro groups is 1. The van der Waals surface area contributed by atoms with Crippen molar-refractivity contribution in [2.24, 2.45) is 0 Å². The Morgan fingerprint density at radius 2 is 1.69 bits per heavy atom. The molecule has 1 fully saturated rings. The minimum Gasteiger partial charge on any atom is -0.450 e. The summed E-state index contributed by atoms with van der Waals surface area (Å²) >= 11 is 0. The molecule has 2 N–H and O–H groups in total. The van der Waals surface area contributed by atoms with Crippen LogP contribution >= 0.6 is 0 Å². The molecule has 1 aromatic heterocycles. The molecule has 1 saturated heterocycles. The van der Waals surface area contributed by atoms with E-state index in [9.17, 15) is 43.5 Å². The smallest absolute Gasteiger partial charge is 0.409 e. The molecule has 4 aromatic rings. The highest BCUT2D eigenvalue weighted by Gasteiger charge is 2.59. The minimum absolute atomic E-state index is 0.0120. The Hall–Kier alpha value is -5.78. The summed E-state index contributed by atoms with van der Waals surface area (Å²) in [6, 6.07) is 22.0. The first-order chi connectivity index (χ1) is 24.8. The second kappa shape index (κ2) is 16.1. The molecular formula is C35H35F2N5O10. The van der Waals surface area contributed by atoms with Gasteiger partial charge in [0, 0.05) is 39.4 Å². The fraction of sp³-hybridized carbons (Fsp3) is 0.314. The standard InChI is InChI=1S/C35H35F2N5O10/c1-39(30(44)19-25-14-15-41(33(46)38-25)32-35(36,37)31(45)29(20-43)52-32)16-17-40(2)34(47)50-21-22-8-13-27(42(48)49)28(18-22)51-26-11-9-24(10-12-26)23-6-4-3-5-7-23/h3-15,18,29,31-32,43,45H,16-17,19-21H2,1-2H3/t29-,31-,32-/m1/s1. The summed E-state index contributed by atoms with van der Waals surface area (Å²) in [6.45, 7) is -1.01. The molecule has 3 atom stereocenters. The molecule has 2 amide bonds. The number of benzene rings is 3. The monoisotopic (exact) mass is 723 g/mol. The number of halogens is 2. The van der Waals surface area contributed by atoms with Crippen LogP contribution in [0, 0.1) is 10.1 Å². The van der Waals surface area contributed by atoms with Crippen molar-refractivity contribution in [2.75, 3.05) is 33.8 Å². The molecule has 17 heteroatoms. The van der Waals surface area contributed by atoms with Gasteiger partial charge in [-0.15, -0.1) is 0 Å². The number of carbonyl (C=O) groups excluding carboxylic acids is 2. The van der Waals surface area contributed by atoms with Gasteiger partial charge in [0.1, 0.15) is 18.5 Å². The van der Waals surface area contributed by atoms with E-state index >= 15 is 0 Å². The van der Waals surface area contributed by atoms with E-state index in [0.29, 0.717) is 15.9 Å². The van der Waals surface area contributed by atoms with Crippen LogP contribution < -0.4 is 10.4 Å². The molecule has 0 radical (unpaired) electrons. The fourth-order valence-corrected chi connectivity index (χ4v) is 5.26. The first-order valence-electron chi connectivity index (χ1n) is 15.9. The highest BCUT2D eigenvalue weighted by atomic mass is 19.3. The highest BCUT2D eigenvalue weighted by Crippen LogP contribution is 2.42. The van der Waals surface area contributed by atoms with E-state index in [4.69, 9.17) is 14.2 Å². The van der Waals surface area contributed by atoms with Crippen molar-refractivity contribution in [1.82, 2.24) is 19.4 Å². The van der Waals surface area contributed by atoms with Crippen LogP contribution in [0.15, 0.2) is 89.9 Å². The average molecular weight is 724 g/mol. The van der Waals surface area contributed by atoms with Crippen LogP contribution in [-0.2, 0) is 27.3 Å². The number of likely N-dealkylation sites (N-methyl/N-ethyl adjacent to an activating group) is 2. The van der Waals surface area contributed by atoms with Crippen LogP contribution in [0.5, 0.6) is 11.5 Å². The van der Waals surface area contributed by atoms with Gasteiger partial charge < -0.3 is 34.2 Å². The number of aromatic nitrogens is 2. The lowest BCUT2D eigenvalue weighted by atomic mass is 10.1. The van der Waals surface area contributed by atoms with Crippen LogP contribution in [0.2, 0.25) is 0 Å². The van der Waals surface area contributed by atoms with E-state index in [1.54, 1.807) is 12.1 Å². The lowest BCUT2D eigenvalue weighted by Gasteiger charge is -2.22. The number of nitro benzene ring substituents is 1. The quantitative estimate of drug-likeness (QED) is 0.151. The predicted molar refractivity (Wildman–Crippen MR) is 180 cm³/mol. The summed E-state index contributed by atoms with van der Waals surface area (Å²) in [6.07, 6.45) is -6.24. The Morgan fingerprint density at radius 3 is 2.33 bits per heavy atom. The van der Waals surface area contributed by atoms with Gasteiger partial charge in [0.15, 0.2) is 6.10 Å². The first kappa shape index (κ1) is 37.5. The number of nitrogens with zero attached hydrogens (tertiary/aromatic N) is 5. The molecule has 2 heterocycles. The van der Waals surface area contributed by atoms with E-state index < -0.39 is 53.6 Å².